The van der Waals surface area contributed by atoms with Crippen molar-refractivity contribution in [2.24, 2.45) is 0 Å². The Morgan fingerprint density at radius 1 is 1.19 bits per heavy atom. The number of ether oxygens (including phenoxy) is 2. The van der Waals surface area contributed by atoms with Crippen LogP contribution < -0.4 is 15.2 Å². The highest BCUT2D eigenvalue weighted by atomic mass is 16.5. The maximum absolute atomic E-state index is 12.0. The lowest BCUT2D eigenvalue weighted by Crippen LogP contribution is -2.26. The summed E-state index contributed by atoms with van der Waals surface area (Å²) in [6, 6.07) is 7.44. The fourth-order valence-corrected chi connectivity index (χ4v) is 3.84. The number of carbonyl (C=O) groups excluding carboxylic acids is 1. The Morgan fingerprint density at radius 3 is 2.61 bits per heavy atom. The number of amides is 1. The Balaban J connectivity index is 1.75. The SMILES string of the molecule is C=CC(=O)N1CC[C@H](c2cc(C#Cc3cc(OC)cc(OC)c3)n3c(N)ncnc23)C1. The van der Waals surface area contributed by atoms with Crippen LogP contribution in [-0.2, 0) is 4.79 Å². The summed E-state index contributed by atoms with van der Waals surface area (Å²) in [6.45, 7) is 4.86. The first kappa shape index (κ1) is 20.3. The molecule has 158 valence electrons. The summed E-state index contributed by atoms with van der Waals surface area (Å²) in [7, 11) is 3.19. The molecule has 1 saturated heterocycles. The predicted molar refractivity (Wildman–Crippen MR) is 117 cm³/mol. The van der Waals surface area contributed by atoms with Crippen LogP contribution in [0.1, 0.15) is 29.2 Å². The monoisotopic (exact) mass is 417 g/mol. The van der Waals surface area contributed by atoms with Crippen LogP contribution in [0.25, 0.3) is 5.65 Å². The first-order valence-electron chi connectivity index (χ1n) is 9.82. The van der Waals surface area contributed by atoms with Crippen molar-refractivity contribution in [1.82, 2.24) is 19.3 Å². The number of hydrogen-bond acceptors (Lipinski definition) is 6. The molecule has 2 N–H and O–H groups in total. The number of benzene rings is 1. The van der Waals surface area contributed by atoms with Crippen molar-refractivity contribution in [2.45, 2.75) is 12.3 Å². The number of anilines is 1. The van der Waals surface area contributed by atoms with E-state index in [2.05, 4.69) is 28.4 Å². The highest BCUT2D eigenvalue weighted by molar-refractivity contribution is 5.87. The molecule has 0 bridgehead atoms. The molecule has 0 saturated carbocycles. The van der Waals surface area contributed by atoms with Crippen LogP contribution >= 0.6 is 0 Å². The van der Waals surface area contributed by atoms with Gasteiger partial charge in [-0.25, -0.2) is 9.97 Å². The van der Waals surface area contributed by atoms with E-state index in [0.29, 0.717) is 41.9 Å². The van der Waals surface area contributed by atoms with E-state index >= 15 is 0 Å². The van der Waals surface area contributed by atoms with Crippen molar-refractivity contribution in [2.75, 3.05) is 33.0 Å². The average Bonchev–Trinajstić information content (AvgIpc) is 3.42. The van der Waals surface area contributed by atoms with Crippen molar-refractivity contribution in [1.29, 1.82) is 0 Å². The van der Waals surface area contributed by atoms with Gasteiger partial charge in [0.1, 0.15) is 29.2 Å². The molecule has 8 nitrogen and oxygen atoms in total. The fourth-order valence-electron chi connectivity index (χ4n) is 3.84. The lowest BCUT2D eigenvalue weighted by Gasteiger charge is -2.13. The molecular formula is C23H23N5O3. The predicted octanol–water partition coefficient (Wildman–Crippen LogP) is 2.23. The third-order valence-corrected chi connectivity index (χ3v) is 5.40. The van der Waals surface area contributed by atoms with Crippen LogP contribution in [0.2, 0.25) is 0 Å². The molecule has 4 rings (SSSR count). The largest absolute Gasteiger partial charge is 0.497 e. The maximum atomic E-state index is 12.0. The van der Waals surface area contributed by atoms with Gasteiger partial charge in [0.2, 0.25) is 11.9 Å². The summed E-state index contributed by atoms with van der Waals surface area (Å²) < 4.78 is 12.4. The molecule has 0 unspecified atom stereocenters. The molecule has 3 heterocycles. The van der Waals surface area contributed by atoms with Gasteiger partial charge in [0.25, 0.3) is 0 Å². The molecule has 31 heavy (non-hydrogen) atoms. The number of methoxy groups -OCH3 is 2. The van der Waals surface area contributed by atoms with E-state index in [-0.39, 0.29) is 11.8 Å². The summed E-state index contributed by atoms with van der Waals surface area (Å²) >= 11 is 0. The van der Waals surface area contributed by atoms with Crippen molar-refractivity contribution >= 4 is 17.5 Å². The van der Waals surface area contributed by atoms with E-state index in [1.54, 1.807) is 29.6 Å². The van der Waals surface area contributed by atoms with Crippen molar-refractivity contribution < 1.29 is 14.3 Å². The van der Waals surface area contributed by atoms with Gasteiger partial charge < -0.3 is 20.1 Å². The number of nitrogens with two attached hydrogens (primary N) is 1. The minimum atomic E-state index is -0.0628. The van der Waals surface area contributed by atoms with E-state index in [0.717, 1.165) is 17.5 Å². The molecule has 8 heteroatoms. The molecular weight excluding hydrogens is 394 g/mol. The third-order valence-electron chi connectivity index (χ3n) is 5.40. The molecule has 1 atom stereocenters. The molecule has 0 aliphatic carbocycles. The number of likely N-dealkylation sites (tertiary alicyclic amines) is 1. The second-order valence-electron chi connectivity index (χ2n) is 7.20. The lowest BCUT2D eigenvalue weighted by molar-refractivity contribution is -0.125. The zero-order chi connectivity index (χ0) is 22.0. The Bertz CT molecular complexity index is 1200. The van der Waals surface area contributed by atoms with Crippen LogP contribution in [0, 0.1) is 11.8 Å². The first-order chi connectivity index (χ1) is 15.0. The van der Waals surface area contributed by atoms with Crippen molar-refractivity contribution in [3.8, 4) is 23.3 Å². The van der Waals surface area contributed by atoms with Gasteiger partial charge in [0.15, 0.2) is 0 Å². The maximum Gasteiger partial charge on any atom is 0.245 e. The highest BCUT2D eigenvalue weighted by Gasteiger charge is 2.29. The van der Waals surface area contributed by atoms with Gasteiger partial charge >= 0.3 is 0 Å². The second-order valence-corrected chi connectivity index (χ2v) is 7.20. The molecule has 0 spiro atoms. The Hall–Kier alpha value is -3.99. The van der Waals surface area contributed by atoms with Gasteiger partial charge in [0.05, 0.1) is 14.2 Å². The van der Waals surface area contributed by atoms with E-state index < -0.39 is 0 Å². The Labute approximate surface area is 180 Å². The van der Waals surface area contributed by atoms with Gasteiger partial charge in [-0.15, -0.1) is 0 Å². The van der Waals surface area contributed by atoms with Crippen LogP contribution in [0.3, 0.4) is 0 Å². The summed E-state index contributed by atoms with van der Waals surface area (Å²) in [5.74, 6) is 8.03. The zero-order valence-electron chi connectivity index (χ0n) is 17.5. The molecule has 1 aliphatic heterocycles. The molecule has 1 fully saturated rings. The first-order valence-corrected chi connectivity index (χ1v) is 9.82. The third kappa shape index (κ3) is 3.90. The molecule has 1 aliphatic rings. The van der Waals surface area contributed by atoms with E-state index in [1.807, 2.05) is 18.2 Å². The second kappa shape index (κ2) is 8.40. The average molecular weight is 417 g/mol. The summed E-state index contributed by atoms with van der Waals surface area (Å²) in [5.41, 5.74) is 9.28. The normalized spacial score (nSPS) is 15.4. The molecule has 0 radical (unpaired) electrons. The lowest BCUT2D eigenvalue weighted by atomic mass is 10.0. The van der Waals surface area contributed by atoms with Gasteiger partial charge in [-0.2, -0.15) is 0 Å². The quantitative estimate of drug-likeness (QED) is 0.517. The Morgan fingerprint density at radius 2 is 1.94 bits per heavy atom. The minimum absolute atomic E-state index is 0.0628. The number of aromatic nitrogens is 3. The van der Waals surface area contributed by atoms with Crippen LogP contribution in [0.5, 0.6) is 11.5 Å². The van der Waals surface area contributed by atoms with Crippen LogP contribution in [0.4, 0.5) is 5.95 Å². The number of nitrogen functional groups attached to an aromatic ring is 1. The van der Waals surface area contributed by atoms with Crippen LogP contribution in [-0.4, -0.2) is 52.5 Å². The minimum Gasteiger partial charge on any atom is -0.497 e. The number of rotatable bonds is 4. The number of hydrogen-bond donors (Lipinski definition) is 1. The zero-order valence-corrected chi connectivity index (χ0v) is 17.5. The van der Waals surface area contributed by atoms with E-state index in [1.165, 1.54) is 12.4 Å². The highest BCUT2D eigenvalue weighted by Crippen LogP contribution is 2.32. The molecule has 1 aromatic carbocycles. The molecule has 2 aromatic heterocycles. The number of fused-ring (bicyclic) bond motifs is 1. The van der Waals surface area contributed by atoms with Gasteiger partial charge in [-0.3, -0.25) is 9.20 Å². The molecule has 1 amide bonds. The Kier molecular flexibility index (Phi) is 5.50. The topological polar surface area (TPSA) is 95.0 Å². The van der Waals surface area contributed by atoms with Gasteiger partial charge in [-0.05, 0) is 36.6 Å². The number of carbonyl (C=O) groups is 1. The fraction of sp³-hybridized carbons (Fsp3) is 0.261. The van der Waals surface area contributed by atoms with Crippen molar-refractivity contribution in [3.05, 3.63) is 60.1 Å². The van der Waals surface area contributed by atoms with Crippen LogP contribution in [0.15, 0.2) is 43.2 Å². The van der Waals surface area contributed by atoms with Gasteiger partial charge in [0, 0.05) is 36.2 Å². The van der Waals surface area contributed by atoms with E-state index in [4.69, 9.17) is 15.2 Å². The molecule has 3 aromatic rings. The number of nitrogens with zero attached hydrogens (tertiary/aromatic N) is 4. The van der Waals surface area contributed by atoms with Crippen molar-refractivity contribution in [3.63, 3.8) is 0 Å². The van der Waals surface area contributed by atoms with Gasteiger partial charge in [-0.1, -0.05) is 12.5 Å². The smallest absolute Gasteiger partial charge is 0.245 e. The summed E-state index contributed by atoms with van der Waals surface area (Å²) in [5, 5.41) is 0. The standard InChI is InChI=1S/C23H23N5O3/c1-4-21(29)27-8-7-16(13-27)20-11-17(28-22(20)25-14-26-23(28)24)6-5-15-9-18(30-2)12-19(10-15)31-3/h4,9-12,14,16H,1,7-8,13H2,2-3H3,(H2,24,25,26)/t16-/m0/s1. The summed E-state index contributed by atoms with van der Waals surface area (Å²) in [4.78, 5) is 22.3. The van der Waals surface area contributed by atoms with E-state index in [9.17, 15) is 4.79 Å². The summed E-state index contributed by atoms with van der Waals surface area (Å²) in [6.07, 6.45) is 3.63.